The molecule has 0 aromatic carbocycles. The summed E-state index contributed by atoms with van der Waals surface area (Å²) in [4.78, 5) is 12.7. The molecule has 1 fully saturated rings. The van der Waals surface area contributed by atoms with E-state index in [9.17, 15) is 30.3 Å². The normalized spacial score (nSPS) is 51.5. The Labute approximate surface area is 122 Å². The van der Waals surface area contributed by atoms with Crippen LogP contribution < -0.4 is 0 Å². The summed E-state index contributed by atoms with van der Waals surface area (Å²) >= 11 is 0. The molecule has 1 saturated carbocycles. The molecule has 0 saturated heterocycles. The zero-order valence-electron chi connectivity index (χ0n) is 12.4. The molecule has 6 heteroatoms. The SMILES string of the molecule is C[C@]1(CO)[C@H](O)C2=C(C(=O)[C@@](C)(O)C3(CC3)[C@@]2(C)O)[C@@H]1O. The third-order valence-corrected chi connectivity index (χ3v) is 6.25. The van der Waals surface area contributed by atoms with Crippen molar-refractivity contribution in [2.24, 2.45) is 10.8 Å². The number of aliphatic hydroxyl groups is 5. The van der Waals surface area contributed by atoms with Crippen molar-refractivity contribution in [3.63, 3.8) is 0 Å². The Hall–Kier alpha value is -0.790. The van der Waals surface area contributed by atoms with Crippen molar-refractivity contribution in [1.82, 2.24) is 0 Å². The van der Waals surface area contributed by atoms with Crippen LogP contribution in [-0.2, 0) is 4.79 Å². The third kappa shape index (κ3) is 1.34. The van der Waals surface area contributed by atoms with E-state index in [-0.39, 0.29) is 11.1 Å². The second-order valence-electron chi connectivity index (χ2n) is 7.35. The van der Waals surface area contributed by atoms with Gasteiger partial charge in [0.2, 0.25) is 0 Å². The molecule has 5 N–H and O–H groups in total. The highest BCUT2D eigenvalue weighted by molar-refractivity contribution is 6.06. The van der Waals surface area contributed by atoms with Crippen molar-refractivity contribution in [2.45, 2.75) is 57.0 Å². The van der Waals surface area contributed by atoms with E-state index in [2.05, 4.69) is 0 Å². The standard InChI is InChI=1S/C15H22O6/c1-12(6-16)9(17)7-8(11(12)19)13(2,20)15(4-5-15)14(3,21)10(7)18/h9,11,16-17,19-21H,4-6H2,1-3H3/t9-,11+,12+,13-,14+/m0/s1. The number of rotatable bonds is 1. The van der Waals surface area contributed by atoms with Crippen LogP contribution in [0.4, 0.5) is 0 Å². The van der Waals surface area contributed by atoms with Crippen molar-refractivity contribution in [1.29, 1.82) is 0 Å². The number of hydrogen-bond acceptors (Lipinski definition) is 6. The Morgan fingerprint density at radius 1 is 1.05 bits per heavy atom. The van der Waals surface area contributed by atoms with Crippen molar-refractivity contribution in [3.8, 4) is 0 Å². The summed E-state index contributed by atoms with van der Waals surface area (Å²) in [5.41, 5.74) is -5.88. The van der Waals surface area contributed by atoms with Gasteiger partial charge in [-0.1, -0.05) is 6.92 Å². The summed E-state index contributed by atoms with van der Waals surface area (Å²) in [5.74, 6) is -0.662. The Kier molecular flexibility index (Phi) is 2.70. The molecule has 0 aromatic heterocycles. The Balaban J connectivity index is 2.26. The smallest absolute Gasteiger partial charge is 0.193 e. The van der Waals surface area contributed by atoms with E-state index in [1.165, 1.54) is 20.8 Å². The van der Waals surface area contributed by atoms with E-state index in [1.807, 2.05) is 0 Å². The van der Waals surface area contributed by atoms with Gasteiger partial charge < -0.3 is 25.5 Å². The van der Waals surface area contributed by atoms with Gasteiger partial charge in [-0.25, -0.2) is 0 Å². The van der Waals surface area contributed by atoms with Crippen LogP contribution in [0.2, 0.25) is 0 Å². The molecule has 0 radical (unpaired) electrons. The fraction of sp³-hybridized carbons (Fsp3) is 0.800. The topological polar surface area (TPSA) is 118 Å². The maximum absolute atomic E-state index is 12.7. The van der Waals surface area contributed by atoms with E-state index < -0.39 is 46.6 Å². The highest BCUT2D eigenvalue weighted by atomic mass is 16.3. The Bertz CT molecular complexity index is 557. The highest BCUT2D eigenvalue weighted by Gasteiger charge is 2.76. The maximum Gasteiger partial charge on any atom is 0.193 e. The summed E-state index contributed by atoms with van der Waals surface area (Å²) < 4.78 is 0. The molecule has 5 atom stereocenters. The van der Waals surface area contributed by atoms with Gasteiger partial charge in [-0.2, -0.15) is 0 Å². The molecule has 3 aliphatic rings. The van der Waals surface area contributed by atoms with Gasteiger partial charge in [0.15, 0.2) is 5.78 Å². The van der Waals surface area contributed by atoms with Gasteiger partial charge in [-0.15, -0.1) is 0 Å². The first kappa shape index (κ1) is 15.1. The van der Waals surface area contributed by atoms with Crippen LogP contribution in [0.15, 0.2) is 11.1 Å². The van der Waals surface area contributed by atoms with Gasteiger partial charge in [0, 0.05) is 16.6 Å². The van der Waals surface area contributed by atoms with Crippen LogP contribution in [0, 0.1) is 10.8 Å². The quantitative estimate of drug-likeness (QED) is 0.418. The average molecular weight is 298 g/mol. The fourth-order valence-electron chi connectivity index (χ4n) is 4.36. The zero-order valence-corrected chi connectivity index (χ0v) is 12.4. The predicted octanol–water partition coefficient (Wildman–Crippen LogP) is -1.12. The number of ketones is 1. The lowest BCUT2D eigenvalue weighted by Gasteiger charge is -2.48. The number of aliphatic hydroxyl groups excluding tert-OH is 3. The number of carbonyl (C=O) groups is 1. The first-order valence-electron chi connectivity index (χ1n) is 7.20. The van der Waals surface area contributed by atoms with E-state index in [0.717, 1.165) is 0 Å². The van der Waals surface area contributed by atoms with Gasteiger partial charge in [0.1, 0.15) is 5.60 Å². The molecular formula is C15H22O6. The average Bonchev–Trinajstić information content (AvgIpc) is 3.19. The van der Waals surface area contributed by atoms with E-state index in [1.54, 1.807) is 0 Å². The molecule has 3 aliphatic carbocycles. The van der Waals surface area contributed by atoms with Crippen molar-refractivity contribution < 1.29 is 30.3 Å². The zero-order chi connectivity index (χ0) is 16.0. The first-order valence-corrected chi connectivity index (χ1v) is 7.20. The van der Waals surface area contributed by atoms with Crippen molar-refractivity contribution in [2.75, 3.05) is 6.61 Å². The van der Waals surface area contributed by atoms with Crippen LogP contribution in [0.5, 0.6) is 0 Å². The summed E-state index contributed by atoms with van der Waals surface area (Å²) in [6, 6.07) is 0. The van der Waals surface area contributed by atoms with Gasteiger partial charge in [-0.05, 0) is 26.7 Å². The van der Waals surface area contributed by atoms with Gasteiger partial charge in [-0.3, -0.25) is 4.79 Å². The molecule has 0 amide bonds. The molecule has 0 aromatic rings. The Morgan fingerprint density at radius 2 is 1.57 bits per heavy atom. The molecule has 0 unspecified atom stereocenters. The minimum atomic E-state index is -1.79. The summed E-state index contributed by atoms with van der Waals surface area (Å²) in [6.07, 6.45) is -1.82. The molecule has 3 rings (SSSR count). The summed E-state index contributed by atoms with van der Waals surface area (Å²) in [7, 11) is 0. The summed E-state index contributed by atoms with van der Waals surface area (Å²) in [6.45, 7) is 3.74. The second kappa shape index (κ2) is 3.75. The largest absolute Gasteiger partial charge is 0.396 e. The highest BCUT2D eigenvalue weighted by Crippen LogP contribution is 2.68. The van der Waals surface area contributed by atoms with E-state index in [4.69, 9.17) is 0 Å². The van der Waals surface area contributed by atoms with Crippen LogP contribution in [0.25, 0.3) is 0 Å². The van der Waals surface area contributed by atoms with Crippen LogP contribution in [-0.4, -0.2) is 61.3 Å². The number of carbonyl (C=O) groups excluding carboxylic acids is 1. The lowest BCUT2D eigenvalue weighted by atomic mass is 9.61. The number of Topliss-reactive ketones (excluding diaryl/α,β-unsaturated/α-hetero) is 1. The summed E-state index contributed by atoms with van der Waals surface area (Å²) in [5, 5.41) is 52.1. The Morgan fingerprint density at radius 3 is 2.00 bits per heavy atom. The third-order valence-electron chi connectivity index (χ3n) is 6.25. The fourth-order valence-corrected chi connectivity index (χ4v) is 4.36. The van der Waals surface area contributed by atoms with E-state index >= 15 is 0 Å². The molecule has 0 heterocycles. The predicted molar refractivity (Wildman–Crippen MR) is 72.2 cm³/mol. The molecule has 6 nitrogen and oxygen atoms in total. The van der Waals surface area contributed by atoms with Crippen molar-refractivity contribution in [3.05, 3.63) is 11.1 Å². The number of hydrogen-bond donors (Lipinski definition) is 5. The monoisotopic (exact) mass is 298 g/mol. The minimum absolute atomic E-state index is 0.0561. The molecule has 0 bridgehead atoms. The van der Waals surface area contributed by atoms with Crippen LogP contribution >= 0.6 is 0 Å². The van der Waals surface area contributed by atoms with Crippen LogP contribution in [0.3, 0.4) is 0 Å². The molecular weight excluding hydrogens is 276 g/mol. The molecule has 1 spiro atoms. The van der Waals surface area contributed by atoms with Crippen molar-refractivity contribution >= 4 is 5.78 Å². The molecule has 118 valence electrons. The second-order valence-corrected chi connectivity index (χ2v) is 7.35. The molecule has 21 heavy (non-hydrogen) atoms. The first-order chi connectivity index (χ1) is 9.49. The lowest BCUT2D eigenvalue weighted by Crippen LogP contribution is -2.61. The van der Waals surface area contributed by atoms with Gasteiger partial charge >= 0.3 is 0 Å². The van der Waals surface area contributed by atoms with Gasteiger partial charge in [0.05, 0.1) is 29.8 Å². The molecule has 0 aliphatic heterocycles. The minimum Gasteiger partial charge on any atom is -0.396 e. The van der Waals surface area contributed by atoms with Gasteiger partial charge in [0.25, 0.3) is 0 Å². The lowest BCUT2D eigenvalue weighted by molar-refractivity contribution is -0.160. The van der Waals surface area contributed by atoms with E-state index in [0.29, 0.717) is 12.8 Å². The maximum atomic E-state index is 12.7. The van der Waals surface area contributed by atoms with Crippen LogP contribution in [0.1, 0.15) is 33.6 Å².